The molecule has 0 amide bonds. The summed E-state index contributed by atoms with van der Waals surface area (Å²) in [5.41, 5.74) is 2.55. The second-order valence-electron chi connectivity index (χ2n) is 5.09. The lowest BCUT2D eigenvalue weighted by atomic mass is 10.1. The number of hydrogen-bond acceptors (Lipinski definition) is 4. The Balaban J connectivity index is 1.62. The van der Waals surface area contributed by atoms with Crippen LogP contribution in [0.4, 0.5) is 5.82 Å². The minimum Gasteiger partial charge on any atom is -0.352 e. The zero-order valence-electron chi connectivity index (χ0n) is 10.1. The Kier molecular flexibility index (Phi) is 2.12. The van der Waals surface area contributed by atoms with Crippen LogP contribution in [0.5, 0.6) is 0 Å². The van der Waals surface area contributed by atoms with Crippen LogP contribution in [0.3, 0.4) is 0 Å². The van der Waals surface area contributed by atoms with E-state index in [2.05, 4.69) is 20.1 Å². The van der Waals surface area contributed by atoms with E-state index in [0.29, 0.717) is 5.92 Å². The van der Waals surface area contributed by atoms with Gasteiger partial charge in [0.15, 0.2) is 0 Å². The van der Waals surface area contributed by atoms with Gasteiger partial charge in [0, 0.05) is 42.9 Å². The molecule has 0 bridgehead atoms. The van der Waals surface area contributed by atoms with Gasteiger partial charge >= 0.3 is 0 Å². The SMILES string of the molecule is c1cc(N2CCc3[nH]ncc3C2)nc(C2CC2)n1. The Labute approximate surface area is 105 Å². The Morgan fingerprint density at radius 1 is 1.33 bits per heavy atom. The van der Waals surface area contributed by atoms with Crippen LogP contribution in [0.2, 0.25) is 0 Å². The van der Waals surface area contributed by atoms with Crippen LogP contribution in [0, 0.1) is 0 Å². The van der Waals surface area contributed by atoms with E-state index in [1.165, 1.54) is 24.1 Å². The zero-order valence-corrected chi connectivity index (χ0v) is 10.1. The third kappa shape index (κ3) is 1.66. The highest BCUT2D eigenvalue weighted by Gasteiger charge is 2.27. The summed E-state index contributed by atoms with van der Waals surface area (Å²) in [5, 5.41) is 7.16. The molecule has 18 heavy (non-hydrogen) atoms. The summed E-state index contributed by atoms with van der Waals surface area (Å²) in [6.45, 7) is 1.89. The van der Waals surface area contributed by atoms with E-state index < -0.39 is 0 Å². The van der Waals surface area contributed by atoms with Gasteiger partial charge in [-0.05, 0) is 18.9 Å². The molecule has 4 rings (SSSR count). The third-order valence-corrected chi connectivity index (χ3v) is 3.73. The Hall–Kier alpha value is -1.91. The fourth-order valence-corrected chi connectivity index (χ4v) is 2.50. The summed E-state index contributed by atoms with van der Waals surface area (Å²) < 4.78 is 0. The van der Waals surface area contributed by atoms with Crippen LogP contribution in [-0.4, -0.2) is 26.7 Å². The second-order valence-corrected chi connectivity index (χ2v) is 5.09. The number of rotatable bonds is 2. The predicted molar refractivity (Wildman–Crippen MR) is 67.3 cm³/mol. The van der Waals surface area contributed by atoms with Gasteiger partial charge in [-0.3, -0.25) is 5.10 Å². The van der Waals surface area contributed by atoms with Crippen molar-refractivity contribution in [2.75, 3.05) is 11.4 Å². The summed E-state index contributed by atoms with van der Waals surface area (Å²) in [7, 11) is 0. The van der Waals surface area contributed by atoms with Gasteiger partial charge in [0.1, 0.15) is 11.6 Å². The molecule has 0 radical (unpaired) electrons. The second kappa shape index (κ2) is 3.80. The maximum Gasteiger partial charge on any atom is 0.133 e. The molecular weight excluding hydrogens is 226 g/mol. The minimum atomic E-state index is 0.610. The van der Waals surface area contributed by atoms with Crippen LogP contribution >= 0.6 is 0 Å². The highest BCUT2D eigenvalue weighted by atomic mass is 15.2. The lowest BCUT2D eigenvalue weighted by Gasteiger charge is -2.27. The molecule has 0 unspecified atom stereocenters. The molecule has 1 N–H and O–H groups in total. The lowest BCUT2D eigenvalue weighted by molar-refractivity contribution is 0.704. The maximum atomic E-state index is 4.70. The quantitative estimate of drug-likeness (QED) is 0.868. The molecule has 0 saturated heterocycles. The summed E-state index contributed by atoms with van der Waals surface area (Å²) in [6.07, 6.45) is 7.31. The van der Waals surface area contributed by atoms with Crippen LogP contribution < -0.4 is 4.90 Å². The first kappa shape index (κ1) is 10.1. The van der Waals surface area contributed by atoms with Crippen molar-refractivity contribution < 1.29 is 0 Å². The highest BCUT2D eigenvalue weighted by Crippen LogP contribution is 2.38. The van der Waals surface area contributed by atoms with Crippen LogP contribution in [0.25, 0.3) is 0 Å². The number of fused-ring (bicyclic) bond motifs is 1. The van der Waals surface area contributed by atoms with E-state index in [1.54, 1.807) is 0 Å². The van der Waals surface area contributed by atoms with E-state index in [-0.39, 0.29) is 0 Å². The van der Waals surface area contributed by atoms with Gasteiger partial charge in [-0.2, -0.15) is 5.10 Å². The van der Waals surface area contributed by atoms with Gasteiger partial charge in [0.2, 0.25) is 0 Å². The van der Waals surface area contributed by atoms with E-state index >= 15 is 0 Å². The van der Waals surface area contributed by atoms with Crippen molar-refractivity contribution in [1.82, 2.24) is 20.2 Å². The summed E-state index contributed by atoms with van der Waals surface area (Å²) >= 11 is 0. The largest absolute Gasteiger partial charge is 0.352 e. The molecule has 2 aromatic heterocycles. The summed E-state index contributed by atoms with van der Waals surface area (Å²) in [4.78, 5) is 11.4. The maximum absolute atomic E-state index is 4.70. The summed E-state index contributed by atoms with van der Waals surface area (Å²) in [5.74, 6) is 2.68. The predicted octanol–water partition coefficient (Wildman–Crippen LogP) is 1.64. The van der Waals surface area contributed by atoms with Crippen molar-refractivity contribution in [2.24, 2.45) is 0 Å². The molecule has 0 atom stereocenters. The van der Waals surface area contributed by atoms with Gasteiger partial charge in [0.05, 0.1) is 6.20 Å². The molecule has 92 valence electrons. The molecule has 1 aliphatic heterocycles. The zero-order chi connectivity index (χ0) is 11.9. The van der Waals surface area contributed by atoms with Crippen molar-refractivity contribution in [2.45, 2.75) is 31.7 Å². The summed E-state index contributed by atoms with van der Waals surface area (Å²) in [6, 6.07) is 2.01. The van der Waals surface area contributed by atoms with Gasteiger partial charge in [0.25, 0.3) is 0 Å². The molecule has 2 aromatic rings. The van der Waals surface area contributed by atoms with E-state index in [4.69, 9.17) is 4.98 Å². The Morgan fingerprint density at radius 2 is 2.28 bits per heavy atom. The van der Waals surface area contributed by atoms with Crippen molar-refractivity contribution in [3.8, 4) is 0 Å². The van der Waals surface area contributed by atoms with Gasteiger partial charge in [-0.1, -0.05) is 0 Å². The van der Waals surface area contributed by atoms with Crippen LogP contribution in [0.1, 0.15) is 35.8 Å². The molecular formula is C13H15N5. The molecule has 3 heterocycles. The van der Waals surface area contributed by atoms with Gasteiger partial charge in [-0.15, -0.1) is 0 Å². The minimum absolute atomic E-state index is 0.610. The number of hydrogen-bond donors (Lipinski definition) is 1. The molecule has 2 aliphatic rings. The highest BCUT2D eigenvalue weighted by molar-refractivity contribution is 5.42. The third-order valence-electron chi connectivity index (χ3n) is 3.73. The van der Waals surface area contributed by atoms with Crippen molar-refractivity contribution in [3.63, 3.8) is 0 Å². The molecule has 1 saturated carbocycles. The van der Waals surface area contributed by atoms with Crippen LogP contribution in [0.15, 0.2) is 18.5 Å². The number of aromatic nitrogens is 4. The number of aromatic amines is 1. The Bertz CT molecular complexity index is 572. The Morgan fingerprint density at radius 3 is 3.17 bits per heavy atom. The number of nitrogens with one attached hydrogen (secondary N) is 1. The molecule has 1 aliphatic carbocycles. The van der Waals surface area contributed by atoms with Crippen molar-refractivity contribution in [3.05, 3.63) is 35.5 Å². The van der Waals surface area contributed by atoms with E-state index in [0.717, 1.165) is 31.2 Å². The average Bonchev–Trinajstić information content (AvgIpc) is 3.17. The van der Waals surface area contributed by atoms with Crippen molar-refractivity contribution in [1.29, 1.82) is 0 Å². The molecule has 0 spiro atoms. The average molecular weight is 241 g/mol. The van der Waals surface area contributed by atoms with E-state index in [9.17, 15) is 0 Å². The molecule has 5 nitrogen and oxygen atoms in total. The lowest BCUT2D eigenvalue weighted by Crippen LogP contribution is -2.30. The standard InChI is InChI=1S/C13H15N5/c1-2-9(1)13-14-5-3-12(16-13)18-6-4-11-10(8-18)7-15-17-11/h3,5,7,9H,1-2,4,6,8H2,(H,15,17). The first-order valence-electron chi connectivity index (χ1n) is 6.49. The fraction of sp³-hybridized carbons (Fsp3) is 0.462. The van der Waals surface area contributed by atoms with Gasteiger partial charge in [-0.25, -0.2) is 9.97 Å². The molecule has 0 aromatic carbocycles. The first-order chi connectivity index (χ1) is 8.90. The fourth-order valence-electron chi connectivity index (χ4n) is 2.50. The first-order valence-corrected chi connectivity index (χ1v) is 6.49. The number of H-pyrrole nitrogens is 1. The molecule has 5 heteroatoms. The normalized spacial score (nSPS) is 18.8. The van der Waals surface area contributed by atoms with Crippen LogP contribution in [-0.2, 0) is 13.0 Å². The molecule has 1 fully saturated rings. The van der Waals surface area contributed by atoms with E-state index in [1.807, 2.05) is 18.5 Å². The number of anilines is 1. The number of nitrogens with zero attached hydrogens (tertiary/aromatic N) is 4. The monoisotopic (exact) mass is 241 g/mol. The van der Waals surface area contributed by atoms with Crippen molar-refractivity contribution >= 4 is 5.82 Å². The smallest absolute Gasteiger partial charge is 0.133 e. The van der Waals surface area contributed by atoms with Gasteiger partial charge < -0.3 is 4.90 Å². The topological polar surface area (TPSA) is 57.7 Å².